The lowest BCUT2D eigenvalue weighted by molar-refractivity contribution is 0.0991. The summed E-state index contributed by atoms with van der Waals surface area (Å²) in [5, 5.41) is 4.54. The van der Waals surface area contributed by atoms with Crippen molar-refractivity contribution in [3.8, 4) is 22.9 Å². The minimum absolute atomic E-state index is 0.0845. The monoisotopic (exact) mass is 393 g/mol. The van der Waals surface area contributed by atoms with E-state index in [4.69, 9.17) is 14.5 Å². The third-order valence-corrected chi connectivity index (χ3v) is 5.01. The van der Waals surface area contributed by atoms with E-state index in [1.54, 1.807) is 25.3 Å². The molecule has 0 aliphatic carbocycles. The molecule has 0 spiro atoms. The van der Waals surface area contributed by atoms with Crippen LogP contribution in [0, 0.1) is 0 Å². The lowest BCUT2D eigenvalue weighted by Gasteiger charge is -2.18. The number of carbonyl (C=O) groups is 1. The number of carbonyl (C=O) groups excluding carboxylic acids is 1. The van der Waals surface area contributed by atoms with Crippen molar-refractivity contribution in [2.45, 2.75) is 32.9 Å². The maximum atomic E-state index is 13.0. The second kappa shape index (κ2) is 7.54. The number of anilines is 1. The molecule has 3 aromatic heterocycles. The zero-order valence-corrected chi connectivity index (χ0v) is 16.9. The number of hydrogen-bond acceptors (Lipinski definition) is 6. The SMILES string of the molecule is CCCn1ccc(N2C(=O)c3ccc(-c4cnc(OC)c(OC)c4)nc3C2C)n1. The zero-order chi connectivity index (χ0) is 20.5. The van der Waals surface area contributed by atoms with Gasteiger partial charge in [0.05, 0.1) is 37.2 Å². The highest BCUT2D eigenvalue weighted by Crippen LogP contribution is 2.37. The first-order valence-electron chi connectivity index (χ1n) is 9.53. The second-order valence-corrected chi connectivity index (χ2v) is 6.85. The van der Waals surface area contributed by atoms with E-state index in [0.717, 1.165) is 29.9 Å². The van der Waals surface area contributed by atoms with Crippen LogP contribution in [-0.4, -0.2) is 39.9 Å². The summed E-state index contributed by atoms with van der Waals surface area (Å²) >= 11 is 0. The molecule has 150 valence electrons. The van der Waals surface area contributed by atoms with Crippen molar-refractivity contribution in [1.82, 2.24) is 19.7 Å². The van der Waals surface area contributed by atoms with Crippen LogP contribution in [-0.2, 0) is 6.54 Å². The number of aromatic nitrogens is 4. The summed E-state index contributed by atoms with van der Waals surface area (Å²) in [6.45, 7) is 4.87. The predicted molar refractivity (Wildman–Crippen MR) is 108 cm³/mol. The van der Waals surface area contributed by atoms with Gasteiger partial charge in [-0.05, 0) is 31.5 Å². The molecule has 1 unspecified atom stereocenters. The summed E-state index contributed by atoms with van der Waals surface area (Å²) < 4.78 is 12.4. The summed E-state index contributed by atoms with van der Waals surface area (Å²) in [7, 11) is 3.11. The highest BCUT2D eigenvalue weighted by Gasteiger charge is 2.37. The molecule has 1 atom stereocenters. The number of pyridine rings is 2. The fraction of sp³-hybridized carbons (Fsp3) is 0.333. The van der Waals surface area contributed by atoms with Crippen molar-refractivity contribution in [1.29, 1.82) is 0 Å². The van der Waals surface area contributed by atoms with Crippen molar-refractivity contribution < 1.29 is 14.3 Å². The van der Waals surface area contributed by atoms with Gasteiger partial charge in [-0.3, -0.25) is 14.4 Å². The van der Waals surface area contributed by atoms with Crippen molar-refractivity contribution in [3.05, 3.63) is 47.9 Å². The van der Waals surface area contributed by atoms with Gasteiger partial charge in [-0.25, -0.2) is 9.97 Å². The minimum atomic E-state index is -0.212. The molecule has 0 saturated heterocycles. The van der Waals surface area contributed by atoms with Gasteiger partial charge in [0.1, 0.15) is 0 Å². The molecule has 8 heteroatoms. The Labute approximate surface area is 169 Å². The number of ether oxygens (including phenoxy) is 2. The number of amides is 1. The van der Waals surface area contributed by atoms with Crippen molar-refractivity contribution in [2.24, 2.45) is 0 Å². The first-order valence-corrected chi connectivity index (χ1v) is 9.53. The Kier molecular flexibility index (Phi) is 4.92. The highest BCUT2D eigenvalue weighted by molar-refractivity contribution is 6.10. The van der Waals surface area contributed by atoms with Crippen LogP contribution < -0.4 is 14.4 Å². The molecule has 1 amide bonds. The first-order chi connectivity index (χ1) is 14.1. The highest BCUT2D eigenvalue weighted by atomic mass is 16.5. The van der Waals surface area contributed by atoms with Gasteiger partial charge in [-0.1, -0.05) is 6.92 Å². The van der Waals surface area contributed by atoms with E-state index < -0.39 is 0 Å². The average molecular weight is 393 g/mol. The molecular formula is C21H23N5O3. The number of nitrogens with zero attached hydrogens (tertiary/aromatic N) is 5. The van der Waals surface area contributed by atoms with Crippen LogP contribution in [0.5, 0.6) is 11.6 Å². The number of rotatable bonds is 6. The van der Waals surface area contributed by atoms with E-state index in [1.807, 2.05) is 42.1 Å². The van der Waals surface area contributed by atoms with Crippen molar-refractivity contribution >= 4 is 11.7 Å². The first kappa shape index (κ1) is 18.9. The van der Waals surface area contributed by atoms with Crippen LogP contribution in [0.4, 0.5) is 5.82 Å². The van der Waals surface area contributed by atoms with Gasteiger partial charge in [0, 0.05) is 30.6 Å². The molecule has 0 saturated carbocycles. The van der Waals surface area contributed by atoms with E-state index >= 15 is 0 Å². The normalized spacial score (nSPS) is 15.5. The molecule has 29 heavy (non-hydrogen) atoms. The van der Waals surface area contributed by atoms with Crippen LogP contribution in [0.3, 0.4) is 0 Å². The zero-order valence-electron chi connectivity index (χ0n) is 16.9. The van der Waals surface area contributed by atoms with Gasteiger partial charge < -0.3 is 9.47 Å². The van der Waals surface area contributed by atoms with Gasteiger partial charge in [0.25, 0.3) is 11.8 Å². The smallest absolute Gasteiger partial charge is 0.262 e. The van der Waals surface area contributed by atoms with E-state index in [1.165, 1.54) is 0 Å². The van der Waals surface area contributed by atoms with Crippen LogP contribution in [0.2, 0.25) is 0 Å². The Morgan fingerprint density at radius 2 is 2.00 bits per heavy atom. The van der Waals surface area contributed by atoms with Gasteiger partial charge in [-0.15, -0.1) is 0 Å². The lowest BCUT2D eigenvalue weighted by atomic mass is 10.1. The molecule has 3 aromatic rings. The van der Waals surface area contributed by atoms with E-state index in [-0.39, 0.29) is 11.9 Å². The van der Waals surface area contributed by atoms with Gasteiger partial charge in [0.15, 0.2) is 11.6 Å². The molecule has 4 heterocycles. The Morgan fingerprint density at radius 3 is 2.72 bits per heavy atom. The summed E-state index contributed by atoms with van der Waals surface area (Å²) in [4.78, 5) is 23.7. The Hall–Kier alpha value is -3.42. The molecule has 1 aliphatic rings. The average Bonchev–Trinajstić information content (AvgIpc) is 3.30. The van der Waals surface area contributed by atoms with Crippen LogP contribution in [0.1, 0.15) is 42.4 Å². The van der Waals surface area contributed by atoms with E-state index in [0.29, 0.717) is 23.0 Å². The predicted octanol–water partition coefficient (Wildman–Crippen LogP) is 3.49. The molecule has 0 fully saturated rings. The Bertz CT molecular complexity index is 1060. The topological polar surface area (TPSA) is 82.4 Å². The van der Waals surface area contributed by atoms with Crippen molar-refractivity contribution in [2.75, 3.05) is 19.1 Å². The van der Waals surface area contributed by atoms with Gasteiger partial charge >= 0.3 is 0 Å². The van der Waals surface area contributed by atoms with Crippen LogP contribution in [0.25, 0.3) is 11.3 Å². The molecule has 0 bridgehead atoms. The number of hydrogen-bond donors (Lipinski definition) is 0. The van der Waals surface area contributed by atoms with E-state index in [9.17, 15) is 4.79 Å². The quantitative estimate of drug-likeness (QED) is 0.638. The maximum absolute atomic E-state index is 13.0. The fourth-order valence-corrected chi connectivity index (χ4v) is 3.57. The number of aryl methyl sites for hydroxylation is 1. The van der Waals surface area contributed by atoms with Crippen molar-refractivity contribution in [3.63, 3.8) is 0 Å². The summed E-state index contributed by atoms with van der Waals surface area (Å²) in [5.74, 6) is 1.50. The summed E-state index contributed by atoms with van der Waals surface area (Å²) in [5.41, 5.74) is 2.83. The molecule has 0 aromatic carbocycles. The lowest BCUT2D eigenvalue weighted by Crippen LogP contribution is -2.26. The van der Waals surface area contributed by atoms with Crippen LogP contribution >= 0.6 is 0 Å². The fourth-order valence-electron chi connectivity index (χ4n) is 3.57. The molecule has 1 aliphatic heterocycles. The standard InChI is InChI=1S/C21H23N5O3/c1-5-9-25-10-8-18(24-25)26-13(2)19-15(21(26)27)6-7-16(23-19)14-11-17(28-3)20(29-4)22-12-14/h6-8,10-13H,5,9H2,1-4H3. The van der Waals surface area contributed by atoms with Gasteiger partial charge in [0.2, 0.25) is 0 Å². The minimum Gasteiger partial charge on any atom is -0.491 e. The molecule has 8 nitrogen and oxygen atoms in total. The Balaban J connectivity index is 1.69. The molecule has 0 radical (unpaired) electrons. The number of fused-ring (bicyclic) bond motifs is 1. The third kappa shape index (κ3) is 3.20. The largest absolute Gasteiger partial charge is 0.491 e. The molecule has 0 N–H and O–H groups in total. The third-order valence-electron chi connectivity index (χ3n) is 5.01. The maximum Gasteiger partial charge on any atom is 0.262 e. The number of methoxy groups -OCH3 is 2. The molecular weight excluding hydrogens is 370 g/mol. The van der Waals surface area contributed by atoms with Gasteiger partial charge in [-0.2, -0.15) is 5.10 Å². The second-order valence-electron chi connectivity index (χ2n) is 6.85. The molecule has 4 rings (SSSR count). The summed E-state index contributed by atoms with van der Waals surface area (Å²) in [6.07, 6.45) is 4.56. The van der Waals surface area contributed by atoms with Crippen LogP contribution in [0.15, 0.2) is 36.7 Å². The Morgan fingerprint density at radius 1 is 1.17 bits per heavy atom. The summed E-state index contributed by atoms with van der Waals surface area (Å²) in [6, 6.07) is 7.12. The van der Waals surface area contributed by atoms with E-state index in [2.05, 4.69) is 17.0 Å².